The van der Waals surface area contributed by atoms with Crippen LogP contribution in [-0.2, 0) is 0 Å². The highest BCUT2D eigenvalue weighted by Crippen LogP contribution is 2.12. The van der Waals surface area contributed by atoms with Crippen molar-refractivity contribution in [1.82, 2.24) is 0 Å². The van der Waals surface area contributed by atoms with Gasteiger partial charge in [0.2, 0.25) is 0 Å². The lowest BCUT2D eigenvalue weighted by atomic mass is 10.2. The fourth-order valence-electron chi connectivity index (χ4n) is 1.15. The number of rotatable bonds is 4. The van der Waals surface area contributed by atoms with Gasteiger partial charge >= 0.3 is 0 Å². The van der Waals surface area contributed by atoms with Crippen molar-refractivity contribution in [3.63, 3.8) is 0 Å². The van der Waals surface area contributed by atoms with E-state index < -0.39 is 0 Å². The SMILES string of the molecule is CCCCC=Cc1cccc(Cl)c1. The quantitative estimate of drug-likeness (QED) is 0.618. The van der Waals surface area contributed by atoms with Crippen LogP contribution >= 0.6 is 11.6 Å². The Morgan fingerprint density at radius 2 is 2.23 bits per heavy atom. The normalized spacial score (nSPS) is 10.9. The lowest BCUT2D eigenvalue weighted by molar-refractivity contribution is 0.816. The number of unbranched alkanes of at least 4 members (excludes halogenated alkanes) is 2. The van der Waals surface area contributed by atoms with Crippen molar-refractivity contribution >= 4 is 17.7 Å². The van der Waals surface area contributed by atoms with Gasteiger partial charge in [0.25, 0.3) is 0 Å². The zero-order valence-electron chi connectivity index (χ0n) is 7.96. The van der Waals surface area contributed by atoms with E-state index >= 15 is 0 Å². The standard InChI is InChI=1S/C12H15Cl/c1-2-3-4-5-7-11-8-6-9-12(13)10-11/h5-10H,2-4H2,1H3. The molecule has 0 atom stereocenters. The van der Waals surface area contributed by atoms with Crippen LogP contribution in [0.2, 0.25) is 5.02 Å². The molecule has 0 aliphatic rings. The van der Waals surface area contributed by atoms with Crippen molar-refractivity contribution in [1.29, 1.82) is 0 Å². The molecule has 0 saturated heterocycles. The van der Waals surface area contributed by atoms with Crippen LogP contribution in [-0.4, -0.2) is 0 Å². The summed E-state index contributed by atoms with van der Waals surface area (Å²) in [5, 5.41) is 0.803. The topological polar surface area (TPSA) is 0 Å². The fraction of sp³-hybridized carbons (Fsp3) is 0.333. The van der Waals surface area contributed by atoms with Crippen LogP contribution in [0, 0.1) is 0 Å². The molecule has 0 aromatic heterocycles. The van der Waals surface area contributed by atoms with Crippen molar-refractivity contribution in [3.8, 4) is 0 Å². The average molecular weight is 195 g/mol. The van der Waals surface area contributed by atoms with Crippen molar-refractivity contribution in [2.75, 3.05) is 0 Å². The minimum atomic E-state index is 0.803. The molecule has 1 heteroatoms. The molecule has 1 aromatic rings. The van der Waals surface area contributed by atoms with Gasteiger partial charge in [-0.2, -0.15) is 0 Å². The van der Waals surface area contributed by atoms with Crippen LogP contribution in [0.15, 0.2) is 30.3 Å². The monoisotopic (exact) mass is 194 g/mol. The molecule has 0 N–H and O–H groups in total. The van der Waals surface area contributed by atoms with Gasteiger partial charge in [-0.25, -0.2) is 0 Å². The number of halogens is 1. The summed E-state index contributed by atoms with van der Waals surface area (Å²) in [7, 11) is 0. The molecule has 0 unspecified atom stereocenters. The maximum absolute atomic E-state index is 5.85. The minimum Gasteiger partial charge on any atom is -0.0843 e. The van der Waals surface area contributed by atoms with Gasteiger partial charge in [0.15, 0.2) is 0 Å². The van der Waals surface area contributed by atoms with Crippen LogP contribution in [0.3, 0.4) is 0 Å². The third kappa shape index (κ3) is 4.14. The smallest absolute Gasteiger partial charge is 0.0411 e. The first-order chi connectivity index (χ1) is 6.33. The Balaban J connectivity index is 2.48. The van der Waals surface area contributed by atoms with Crippen molar-refractivity contribution < 1.29 is 0 Å². The van der Waals surface area contributed by atoms with E-state index in [0.29, 0.717) is 0 Å². The van der Waals surface area contributed by atoms with Crippen LogP contribution in [0.4, 0.5) is 0 Å². The summed E-state index contributed by atoms with van der Waals surface area (Å²) in [5.41, 5.74) is 1.18. The summed E-state index contributed by atoms with van der Waals surface area (Å²) in [5.74, 6) is 0. The Hall–Kier alpha value is -0.750. The summed E-state index contributed by atoms with van der Waals surface area (Å²) >= 11 is 5.85. The Morgan fingerprint density at radius 3 is 2.92 bits per heavy atom. The van der Waals surface area contributed by atoms with Crippen molar-refractivity contribution in [3.05, 3.63) is 40.9 Å². The third-order valence-corrected chi connectivity index (χ3v) is 2.12. The van der Waals surface area contributed by atoms with Crippen LogP contribution < -0.4 is 0 Å². The molecule has 1 rings (SSSR count). The highest BCUT2D eigenvalue weighted by molar-refractivity contribution is 6.30. The molecule has 70 valence electrons. The second kappa shape index (κ2) is 5.82. The van der Waals surface area contributed by atoms with E-state index in [9.17, 15) is 0 Å². The van der Waals surface area contributed by atoms with Crippen LogP contribution in [0.1, 0.15) is 31.7 Å². The maximum Gasteiger partial charge on any atom is 0.0411 e. The van der Waals surface area contributed by atoms with Gasteiger partial charge in [0, 0.05) is 5.02 Å². The first kappa shape index (κ1) is 10.3. The summed E-state index contributed by atoms with van der Waals surface area (Å²) < 4.78 is 0. The molecule has 0 spiro atoms. The van der Waals surface area contributed by atoms with E-state index in [4.69, 9.17) is 11.6 Å². The summed E-state index contributed by atoms with van der Waals surface area (Å²) in [6.07, 6.45) is 8.00. The van der Waals surface area contributed by atoms with Crippen LogP contribution in [0.5, 0.6) is 0 Å². The molecule has 0 radical (unpaired) electrons. The minimum absolute atomic E-state index is 0.803. The molecular formula is C12H15Cl. The largest absolute Gasteiger partial charge is 0.0843 e. The molecule has 13 heavy (non-hydrogen) atoms. The zero-order valence-corrected chi connectivity index (χ0v) is 8.72. The van der Waals surface area contributed by atoms with Gasteiger partial charge in [-0.3, -0.25) is 0 Å². The summed E-state index contributed by atoms with van der Waals surface area (Å²) in [4.78, 5) is 0. The van der Waals surface area contributed by atoms with E-state index in [1.165, 1.54) is 18.4 Å². The summed E-state index contributed by atoms with van der Waals surface area (Å²) in [6.45, 7) is 2.20. The average Bonchev–Trinajstić information content (AvgIpc) is 2.13. The highest BCUT2D eigenvalue weighted by atomic mass is 35.5. The first-order valence-electron chi connectivity index (χ1n) is 4.75. The van der Waals surface area contributed by atoms with E-state index in [1.807, 2.05) is 18.2 Å². The Labute approximate surface area is 85.2 Å². The van der Waals surface area contributed by atoms with E-state index in [1.54, 1.807) is 0 Å². The lowest BCUT2D eigenvalue weighted by Crippen LogP contribution is -1.71. The van der Waals surface area contributed by atoms with Gasteiger partial charge in [-0.05, 0) is 24.1 Å². The van der Waals surface area contributed by atoms with Gasteiger partial charge in [-0.1, -0.05) is 55.7 Å². The highest BCUT2D eigenvalue weighted by Gasteiger charge is 1.87. The number of hydrogen-bond donors (Lipinski definition) is 0. The first-order valence-corrected chi connectivity index (χ1v) is 5.13. The molecule has 0 amide bonds. The third-order valence-electron chi connectivity index (χ3n) is 1.88. The molecular weight excluding hydrogens is 180 g/mol. The molecule has 0 aliphatic heterocycles. The summed E-state index contributed by atoms with van der Waals surface area (Å²) in [6, 6.07) is 7.91. The molecule has 0 heterocycles. The van der Waals surface area contributed by atoms with Gasteiger partial charge in [-0.15, -0.1) is 0 Å². The van der Waals surface area contributed by atoms with Crippen molar-refractivity contribution in [2.24, 2.45) is 0 Å². The van der Waals surface area contributed by atoms with E-state index in [2.05, 4.69) is 25.1 Å². The Kier molecular flexibility index (Phi) is 4.63. The van der Waals surface area contributed by atoms with Gasteiger partial charge in [0.1, 0.15) is 0 Å². The molecule has 0 fully saturated rings. The predicted molar refractivity (Wildman–Crippen MR) is 60.0 cm³/mol. The number of benzene rings is 1. The molecule has 0 bridgehead atoms. The van der Waals surface area contributed by atoms with Crippen LogP contribution in [0.25, 0.3) is 6.08 Å². The number of allylic oxidation sites excluding steroid dienone is 1. The molecule has 0 saturated carbocycles. The Morgan fingerprint density at radius 1 is 1.38 bits per heavy atom. The lowest BCUT2D eigenvalue weighted by Gasteiger charge is -1.93. The van der Waals surface area contributed by atoms with Gasteiger partial charge < -0.3 is 0 Å². The van der Waals surface area contributed by atoms with E-state index in [-0.39, 0.29) is 0 Å². The maximum atomic E-state index is 5.85. The molecule has 0 aliphatic carbocycles. The van der Waals surface area contributed by atoms with Gasteiger partial charge in [0.05, 0.1) is 0 Å². The Bertz CT molecular complexity index is 276. The second-order valence-corrected chi connectivity index (χ2v) is 3.54. The second-order valence-electron chi connectivity index (χ2n) is 3.10. The number of hydrogen-bond acceptors (Lipinski definition) is 0. The fourth-order valence-corrected chi connectivity index (χ4v) is 1.35. The van der Waals surface area contributed by atoms with Crippen molar-refractivity contribution in [2.45, 2.75) is 26.2 Å². The molecule has 1 aromatic carbocycles. The van der Waals surface area contributed by atoms with E-state index in [0.717, 1.165) is 11.4 Å². The molecule has 0 nitrogen and oxygen atoms in total. The predicted octanol–water partition coefficient (Wildman–Crippen LogP) is 4.54. The zero-order chi connectivity index (χ0) is 9.52.